The van der Waals surface area contributed by atoms with Crippen LogP contribution in [0.5, 0.6) is 5.75 Å². The maximum Gasteiger partial charge on any atom is 0.264 e. The number of benzene rings is 1. The summed E-state index contributed by atoms with van der Waals surface area (Å²) in [6.07, 6.45) is 1.40. The van der Waals surface area contributed by atoms with Gasteiger partial charge in [0.15, 0.2) is 0 Å². The minimum atomic E-state index is -0.572. The standard InChI is InChI=1S/C15H14FN5O2S/c1-9(13-10(16)4-3-5-12(13)23-2)18-15(22)14-11(6-7-24-14)21-8-17-19-20-21/h3-9H,1-2H3,(H,18,22). The second-order valence-electron chi connectivity index (χ2n) is 4.94. The van der Waals surface area contributed by atoms with E-state index in [2.05, 4.69) is 20.8 Å². The van der Waals surface area contributed by atoms with Gasteiger partial charge in [-0.3, -0.25) is 4.79 Å². The predicted molar refractivity (Wildman–Crippen MR) is 85.9 cm³/mol. The number of amides is 1. The van der Waals surface area contributed by atoms with Crippen LogP contribution in [0.15, 0.2) is 36.0 Å². The number of hydrogen-bond acceptors (Lipinski definition) is 6. The maximum atomic E-state index is 14.1. The van der Waals surface area contributed by atoms with Gasteiger partial charge >= 0.3 is 0 Å². The van der Waals surface area contributed by atoms with Gasteiger partial charge < -0.3 is 10.1 Å². The number of nitrogens with zero attached hydrogens (tertiary/aromatic N) is 4. The molecule has 0 fully saturated rings. The molecule has 1 aromatic carbocycles. The van der Waals surface area contributed by atoms with E-state index in [1.54, 1.807) is 30.5 Å². The number of methoxy groups -OCH3 is 1. The molecule has 1 atom stereocenters. The molecular formula is C15H14FN5O2S. The summed E-state index contributed by atoms with van der Waals surface area (Å²) >= 11 is 1.25. The molecule has 3 aromatic rings. The first-order chi connectivity index (χ1) is 11.6. The van der Waals surface area contributed by atoms with Crippen LogP contribution >= 0.6 is 11.3 Å². The molecule has 124 valence electrons. The lowest BCUT2D eigenvalue weighted by molar-refractivity contribution is 0.0943. The molecule has 2 aromatic heterocycles. The quantitative estimate of drug-likeness (QED) is 0.766. The monoisotopic (exact) mass is 347 g/mol. The smallest absolute Gasteiger partial charge is 0.264 e. The summed E-state index contributed by atoms with van der Waals surface area (Å²) in [6.45, 7) is 1.70. The van der Waals surface area contributed by atoms with Crippen LogP contribution in [-0.4, -0.2) is 33.2 Å². The number of nitrogens with one attached hydrogen (secondary N) is 1. The van der Waals surface area contributed by atoms with Gasteiger partial charge in [-0.25, -0.2) is 4.39 Å². The normalized spacial score (nSPS) is 12.0. The molecule has 1 amide bonds. The van der Waals surface area contributed by atoms with Crippen molar-refractivity contribution >= 4 is 17.2 Å². The van der Waals surface area contributed by atoms with Crippen molar-refractivity contribution in [3.8, 4) is 11.4 Å². The van der Waals surface area contributed by atoms with Crippen LogP contribution in [0.2, 0.25) is 0 Å². The van der Waals surface area contributed by atoms with Crippen molar-refractivity contribution in [1.82, 2.24) is 25.5 Å². The lowest BCUT2D eigenvalue weighted by atomic mass is 10.1. The van der Waals surface area contributed by atoms with Crippen molar-refractivity contribution in [2.75, 3.05) is 7.11 Å². The van der Waals surface area contributed by atoms with Crippen LogP contribution in [0.25, 0.3) is 5.69 Å². The molecule has 24 heavy (non-hydrogen) atoms. The van der Waals surface area contributed by atoms with Crippen LogP contribution < -0.4 is 10.1 Å². The van der Waals surface area contributed by atoms with Crippen molar-refractivity contribution in [1.29, 1.82) is 0 Å². The molecule has 2 heterocycles. The van der Waals surface area contributed by atoms with Gasteiger partial charge in [0.1, 0.15) is 22.8 Å². The highest BCUT2D eigenvalue weighted by molar-refractivity contribution is 7.12. The van der Waals surface area contributed by atoms with E-state index in [1.165, 1.54) is 35.5 Å². The maximum absolute atomic E-state index is 14.1. The summed E-state index contributed by atoms with van der Waals surface area (Å²) in [5, 5.41) is 15.5. The molecule has 0 saturated heterocycles. The second kappa shape index (κ2) is 6.75. The number of ether oxygens (including phenoxy) is 1. The minimum Gasteiger partial charge on any atom is -0.496 e. The van der Waals surface area contributed by atoms with Crippen molar-refractivity contribution in [3.05, 3.63) is 52.2 Å². The number of halogens is 1. The molecule has 0 aliphatic rings. The van der Waals surface area contributed by atoms with E-state index in [9.17, 15) is 9.18 Å². The fourth-order valence-electron chi connectivity index (χ4n) is 2.37. The molecular weight excluding hydrogens is 333 g/mol. The number of thiophene rings is 1. The van der Waals surface area contributed by atoms with Gasteiger partial charge in [0, 0.05) is 0 Å². The summed E-state index contributed by atoms with van der Waals surface area (Å²) in [5.74, 6) is -0.392. The molecule has 0 aliphatic carbocycles. The van der Waals surface area contributed by atoms with E-state index in [0.29, 0.717) is 21.9 Å². The third kappa shape index (κ3) is 2.98. The Kier molecular flexibility index (Phi) is 4.52. The van der Waals surface area contributed by atoms with E-state index < -0.39 is 11.9 Å². The van der Waals surface area contributed by atoms with E-state index in [4.69, 9.17) is 4.74 Å². The Morgan fingerprint density at radius 3 is 2.96 bits per heavy atom. The van der Waals surface area contributed by atoms with Crippen molar-refractivity contribution in [2.24, 2.45) is 0 Å². The van der Waals surface area contributed by atoms with Gasteiger partial charge in [-0.15, -0.1) is 16.4 Å². The van der Waals surface area contributed by atoms with Crippen molar-refractivity contribution < 1.29 is 13.9 Å². The molecule has 0 bridgehead atoms. The fourth-order valence-corrected chi connectivity index (χ4v) is 3.16. The highest BCUT2D eigenvalue weighted by atomic mass is 32.1. The molecule has 9 heteroatoms. The summed E-state index contributed by atoms with van der Waals surface area (Å²) in [6, 6.07) is 5.71. The Hall–Kier alpha value is -2.81. The van der Waals surface area contributed by atoms with Crippen LogP contribution in [-0.2, 0) is 0 Å². The Morgan fingerprint density at radius 1 is 1.42 bits per heavy atom. The number of carbonyl (C=O) groups is 1. The average molecular weight is 347 g/mol. The third-order valence-electron chi connectivity index (χ3n) is 3.46. The predicted octanol–water partition coefficient (Wildman–Crippen LogP) is 2.36. The number of aromatic nitrogens is 4. The number of hydrogen-bond donors (Lipinski definition) is 1. The Morgan fingerprint density at radius 2 is 2.25 bits per heavy atom. The van der Waals surface area contributed by atoms with Crippen LogP contribution in [0.4, 0.5) is 4.39 Å². The van der Waals surface area contributed by atoms with Gasteiger partial charge in [0.05, 0.1) is 24.4 Å². The van der Waals surface area contributed by atoms with Gasteiger partial charge in [-0.1, -0.05) is 6.07 Å². The van der Waals surface area contributed by atoms with Crippen LogP contribution in [0, 0.1) is 5.82 Å². The molecule has 1 N–H and O–H groups in total. The largest absolute Gasteiger partial charge is 0.496 e. The third-order valence-corrected chi connectivity index (χ3v) is 4.36. The zero-order valence-corrected chi connectivity index (χ0v) is 13.7. The molecule has 0 spiro atoms. The van der Waals surface area contributed by atoms with Crippen molar-refractivity contribution in [3.63, 3.8) is 0 Å². The molecule has 3 rings (SSSR count). The van der Waals surface area contributed by atoms with Crippen molar-refractivity contribution in [2.45, 2.75) is 13.0 Å². The average Bonchev–Trinajstić information content (AvgIpc) is 3.24. The molecule has 0 radical (unpaired) electrons. The lowest BCUT2D eigenvalue weighted by Crippen LogP contribution is -2.27. The van der Waals surface area contributed by atoms with E-state index in [1.807, 2.05) is 0 Å². The Labute approximate surface area is 141 Å². The number of carbonyl (C=O) groups excluding carboxylic acids is 1. The number of rotatable bonds is 5. The zero-order valence-electron chi connectivity index (χ0n) is 12.9. The Balaban J connectivity index is 1.85. The van der Waals surface area contributed by atoms with Gasteiger partial charge in [-0.05, 0) is 40.9 Å². The van der Waals surface area contributed by atoms with Crippen LogP contribution in [0.3, 0.4) is 0 Å². The molecule has 7 nitrogen and oxygen atoms in total. The summed E-state index contributed by atoms with van der Waals surface area (Å²) < 4.78 is 20.7. The first-order valence-electron chi connectivity index (χ1n) is 7.06. The van der Waals surface area contributed by atoms with E-state index in [0.717, 1.165) is 0 Å². The molecule has 1 unspecified atom stereocenters. The topological polar surface area (TPSA) is 81.9 Å². The zero-order chi connectivity index (χ0) is 17.1. The van der Waals surface area contributed by atoms with Gasteiger partial charge in [0.25, 0.3) is 5.91 Å². The van der Waals surface area contributed by atoms with Crippen LogP contribution in [0.1, 0.15) is 28.2 Å². The van der Waals surface area contributed by atoms with E-state index in [-0.39, 0.29) is 5.91 Å². The number of tetrazole rings is 1. The first kappa shape index (κ1) is 16.1. The van der Waals surface area contributed by atoms with Gasteiger partial charge in [-0.2, -0.15) is 4.68 Å². The summed E-state index contributed by atoms with van der Waals surface area (Å²) in [5.41, 5.74) is 0.865. The highest BCUT2D eigenvalue weighted by Gasteiger charge is 2.22. The van der Waals surface area contributed by atoms with E-state index >= 15 is 0 Å². The van der Waals surface area contributed by atoms with Gasteiger partial charge in [0.2, 0.25) is 0 Å². The SMILES string of the molecule is COc1cccc(F)c1C(C)NC(=O)c1sccc1-n1cnnn1. The summed E-state index contributed by atoms with van der Waals surface area (Å²) in [4.78, 5) is 13.0. The first-order valence-corrected chi connectivity index (χ1v) is 7.94. The second-order valence-corrected chi connectivity index (χ2v) is 5.86. The fraction of sp³-hybridized carbons (Fsp3) is 0.200. The molecule has 0 aliphatic heterocycles. The minimum absolute atomic E-state index is 0.300. The highest BCUT2D eigenvalue weighted by Crippen LogP contribution is 2.28. The molecule has 0 saturated carbocycles. The summed E-state index contributed by atoms with van der Waals surface area (Å²) in [7, 11) is 1.46. The lowest BCUT2D eigenvalue weighted by Gasteiger charge is -2.18. The Bertz CT molecular complexity index is 849.